The Bertz CT molecular complexity index is 593. The zero-order valence-electron chi connectivity index (χ0n) is 11.9. The third kappa shape index (κ3) is 3.21. The second-order valence-corrected chi connectivity index (χ2v) is 7.15. The number of rotatable bonds is 4. The van der Waals surface area contributed by atoms with Crippen molar-refractivity contribution in [3.8, 4) is 0 Å². The van der Waals surface area contributed by atoms with E-state index in [1.165, 1.54) is 4.31 Å². The molecule has 1 aromatic heterocycles. The number of carbonyl (C=O) groups is 1. The topological polar surface area (TPSA) is 79.6 Å². The molecule has 7 heteroatoms. The van der Waals surface area contributed by atoms with Crippen molar-refractivity contribution in [2.75, 3.05) is 12.8 Å². The molecule has 0 aliphatic carbocycles. The summed E-state index contributed by atoms with van der Waals surface area (Å²) in [6, 6.07) is 2.75. The van der Waals surface area contributed by atoms with Crippen molar-refractivity contribution in [1.29, 1.82) is 0 Å². The summed E-state index contributed by atoms with van der Waals surface area (Å²) in [5.41, 5.74) is 0. The number of nitrogens with zero attached hydrogens (tertiary/aromatic N) is 1. The Balaban J connectivity index is 2.04. The molecular formula is C13H20N2O4S. The molecule has 0 saturated carbocycles. The highest BCUT2D eigenvalue weighted by Crippen LogP contribution is 2.22. The Labute approximate surface area is 119 Å². The van der Waals surface area contributed by atoms with Gasteiger partial charge in [-0.3, -0.25) is 4.79 Å². The van der Waals surface area contributed by atoms with Crippen LogP contribution in [0.4, 0.5) is 0 Å². The molecule has 112 valence electrons. The molecule has 20 heavy (non-hydrogen) atoms. The fourth-order valence-corrected chi connectivity index (χ4v) is 3.59. The summed E-state index contributed by atoms with van der Waals surface area (Å²) in [5.74, 6) is 1.17. The van der Waals surface area contributed by atoms with Crippen LogP contribution in [0.15, 0.2) is 16.5 Å². The van der Waals surface area contributed by atoms with E-state index in [0.29, 0.717) is 25.1 Å². The second kappa shape index (κ2) is 5.57. The minimum Gasteiger partial charge on any atom is -0.464 e. The Morgan fingerprint density at radius 3 is 2.75 bits per heavy atom. The molecule has 2 atom stereocenters. The van der Waals surface area contributed by atoms with Gasteiger partial charge in [-0.15, -0.1) is 0 Å². The summed E-state index contributed by atoms with van der Waals surface area (Å²) < 4.78 is 30.0. The summed E-state index contributed by atoms with van der Waals surface area (Å²) in [4.78, 5) is 12.2. The van der Waals surface area contributed by atoms with E-state index in [-0.39, 0.29) is 11.9 Å². The van der Waals surface area contributed by atoms with Crippen LogP contribution in [-0.2, 0) is 14.8 Å². The van der Waals surface area contributed by atoms with Crippen LogP contribution in [0.3, 0.4) is 0 Å². The highest BCUT2D eigenvalue weighted by atomic mass is 32.2. The monoisotopic (exact) mass is 300 g/mol. The number of sulfonamides is 1. The average Bonchev–Trinajstić information content (AvgIpc) is 2.95. The molecular weight excluding hydrogens is 280 g/mol. The lowest BCUT2D eigenvalue weighted by Gasteiger charge is -2.22. The predicted octanol–water partition coefficient (Wildman–Crippen LogP) is 1.19. The highest BCUT2D eigenvalue weighted by molar-refractivity contribution is 7.88. The van der Waals surface area contributed by atoms with Crippen molar-refractivity contribution in [3.05, 3.63) is 23.7 Å². The number of nitrogens with one attached hydrogen (secondary N) is 1. The second-order valence-electron chi connectivity index (χ2n) is 5.21. The molecule has 0 bridgehead atoms. The molecule has 1 aliphatic heterocycles. The molecule has 0 radical (unpaired) electrons. The number of hydrogen-bond acceptors (Lipinski definition) is 4. The van der Waals surface area contributed by atoms with E-state index >= 15 is 0 Å². The third-order valence-corrected chi connectivity index (χ3v) is 4.77. The van der Waals surface area contributed by atoms with Crippen molar-refractivity contribution in [3.63, 3.8) is 0 Å². The first-order chi connectivity index (χ1) is 9.29. The van der Waals surface area contributed by atoms with Gasteiger partial charge in [0, 0.05) is 6.54 Å². The normalized spacial score (nSPS) is 21.9. The minimum absolute atomic E-state index is 0.269. The van der Waals surface area contributed by atoms with Gasteiger partial charge in [0.2, 0.25) is 15.9 Å². The molecule has 2 heterocycles. The molecule has 1 saturated heterocycles. The van der Waals surface area contributed by atoms with Gasteiger partial charge in [0.05, 0.1) is 12.3 Å². The van der Waals surface area contributed by atoms with Gasteiger partial charge >= 0.3 is 0 Å². The van der Waals surface area contributed by atoms with Crippen LogP contribution in [-0.4, -0.2) is 37.5 Å². The molecule has 1 fully saturated rings. The van der Waals surface area contributed by atoms with E-state index in [4.69, 9.17) is 4.42 Å². The van der Waals surface area contributed by atoms with Crippen molar-refractivity contribution in [1.82, 2.24) is 9.62 Å². The van der Waals surface area contributed by atoms with Gasteiger partial charge < -0.3 is 9.73 Å². The molecule has 1 N–H and O–H groups in total. The van der Waals surface area contributed by atoms with Crippen molar-refractivity contribution >= 4 is 15.9 Å². The fraction of sp³-hybridized carbons (Fsp3) is 0.615. The lowest BCUT2D eigenvalue weighted by Crippen LogP contribution is -2.46. The maximum atomic E-state index is 12.2. The first-order valence-corrected chi connectivity index (χ1v) is 8.47. The number of hydrogen-bond donors (Lipinski definition) is 1. The maximum Gasteiger partial charge on any atom is 0.239 e. The first kappa shape index (κ1) is 15.1. The van der Waals surface area contributed by atoms with E-state index in [1.807, 2.05) is 26.0 Å². The third-order valence-electron chi connectivity index (χ3n) is 3.48. The first-order valence-electron chi connectivity index (χ1n) is 6.62. The molecule has 0 spiro atoms. The molecule has 0 aromatic carbocycles. The summed E-state index contributed by atoms with van der Waals surface area (Å²) in [5, 5.41) is 2.81. The lowest BCUT2D eigenvalue weighted by molar-refractivity contribution is -0.125. The zero-order chi connectivity index (χ0) is 14.9. The molecule has 6 nitrogen and oxygen atoms in total. The number of amides is 1. The van der Waals surface area contributed by atoms with Crippen LogP contribution in [0.25, 0.3) is 0 Å². The van der Waals surface area contributed by atoms with Gasteiger partial charge in [0.1, 0.15) is 17.6 Å². The standard InChI is InChI=1S/C13H20N2O4S/c1-9-6-7-12(19-9)10(2)14-13(16)11-5-4-8-15(11)20(3,17)18/h6-7,10-11H,4-5,8H2,1-3H3,(H,14,16). The molecule has 2 unspecified atom stereocenters. The van der Waals surface area contributed by atoms with E-state index in [0.717, 1.165) is 12.0 Å². The summed E-state index contributed by atoms with van der Waals surface area (Å²) in [6.07, 6.45) is 2.40. The molecule has 1 aromatic rings. The Morgan fingerprint density at radius 2 is 2.20 bits per heavy atom. The molecule has 1 amide bonds. The van der Waals surface area contributed by atoms with Gasteiger partial charge in [-0.1, -0.05) is 0 Å². The van der Waals surface area contributed by atoms with Crippen LogP contribution in [0, 0.1) is 6.92 Å². The average molecular weight is 300 g/mol. The van der Waals surface area contributed by atoms with Crippen molar-refractivity contribution < 1.29 is 17.6 Å². The van der Waals surface area contributed by atoms with Crippen molar-refractivity contribution in [2.24, 2.45) is 0 Å². The van der Waals surface area contributed by atoms with Gasteiger partial charge in [-0.25, -0.2) is 8.42 Å². The molecule has 1 aliphatic rings. The maximum absolute atomic E-state index is 12.2. The van der Waals surface area contributed by atoms with Crippen LogP contribution in [0.5, 0.6) is 0 Å². The number of furan rings is 1. The Morgan fingerprint density at radius 1 is 1.50 bits per heavy atom. The quantitative estimate of drug-likeness (QED) is 0.906. The van der Waals surface area contributed by atoms with Gasteiger partial charge in [0.25, 0.3) is 0 Å². The number of carbonyl (C=O) groups excluding carboxylic acids is 1. The van der Waals surface area contributed by atoms with E-state index in [2.05, 4.69) is 5.32 Å². The van der Waals surface area contributed by atoms with Crippen LogP contribution >= 0.6 is 0 Å². The predicted molar refractivity (Wildman–Crippen MR) is 74.6 cm³/mol. The fourth-order valence-electron chi connectivity index (χ4n) is 2.47. The zero-order valence-corrected chi connectivity index (χ0v) is 12.7. The van der Waals surface area contributed by atoms with Gasteiger partial charge in [-0.05, 0) is 38.8 Å². The van der Waals surface area contributed by atoms with E-state index in [1.54, 1.807) is 0 Å². The summed E-state index contributed by atoms with van der Waals surface area (Å²) >= 11 is 0. The highest BCUT2D eigenvalue weighted by Gasteiger charge is 2.36. The van der Waals surface area contributed by atoms with E-state index < -0.39 is 16.1 Å². The Kier molecular flexibility index (Phi) is 4.19. The lowest BCUT2D eigenvalue weighted by atomic mass is 10.2. The van der Waals surface area contributed by atoms with Crippen LogP contribution in [0.1, 0.15) is 37.3 Å². The number of aryl methyl sites for hydroxylation is 1. The largest absolute Gasteiger partial charge is 0.464 e. The Hall–Kier alpha value is -1.34. The summed E-state index contributed by atoms with van der Waals surface area (Å²) in [6.45, 7) is 4.06. The summed E-state index contributed by atoms with van der Waals surface area (Å²) in [7, 11) is -3.34. The van der Waals surface area contributed by atoms with Gasteiger partial charge in [0.15, 0.2) is 0 Å². The van der Waals surface area contributed by atoms with Crippen LogP contribution < -0.4 is 5.32 Å². The van der Waals surface area contributed by atoms with Crippen molar-refractivity contribution in [2.45, 2.75) is 38.8 Å². The minimum atomic E-state index is -3.34. The molecule has 2 rings (SSSR count). The van der Waals surface area contributed by atoms with E-state index in [9.17, 15) is 13.2 Å². The van der Waals surface area contributed by atoms with Gasteiger partial charge in [-0.2, -0.15) is 4.31 Å². The smallest absolute Gasteiger partial charge is 0.239 e. The SMILES string of the molecule is Cc1ccc(C(C)NC(=O)C2CCCN2S(C)(=O)=O)o1. The van der Waals surface area contributed by atoms with Crippen LogP contribution in [0.2, 0.25) is 0 Å².